The third kappa shape index (κ3) is 5.91. The predicted octanol–water partition coefficient (Wildman–Crippen LogP) is 1.44. The van der Waals surface area contributed by atoms with Gasteiger partial charge in [-0.2, -0.15) is 9.97 Å². The monoisotopic (exact) mass is 481 g/mol. The SMILES string of the molecule is CCc1c(CN(C)c2ccc(C(=O)NC(CCC(=O)O)C(=O)O)cc2)cnc2nc(N)nc(N)c12. The number of nitrogens with two attached hydrogens (primary N) is 2. The number of rotatable bonds is 10. The van der Waals surface area contributed by atoms with Gasteiger partial charge < -0.3 is 31.9 Å². The molecule has 0 aliphatic heterocycles. The molecule has 12 heteroatoms. The molecule has 0 saturated heterocycles. The minimum Gasteiger partial charge on any atom is -0.481 e. The van der Waals surface area contributed by atoms with Gasteiger partial charge in [-0.25, -0.2) is 9.78 Å². The van der Waals surface area contributed by atoms with Crippen molar-refractivity contribution >= 4 is 46.3 Å². The van der Waals surface area contributed by atoms with Gasteiger partial charge in [-0.05, 0) is 48.2 Å². The van der Waals surface area contributed by atoms with Crippen molar-refractivity contribution in [2.75, 3.05) is 23.4 Å². The van der Waals surface area contributed by atoms with E-state index in [-0.39, 0.29) is 30.2 Å². The van der Waals surface area contributed by atoms with Crippen LogP contribution in [0.3, 0.4) is 0 Å². The van der Waals surface area contributed by atoms with E-state index in [4.69, 9.17) is 16.6 Å². The van der Waals surface area contributed by atoms with Gasteiger partial charge >= 0.3 is 11.9 Å². The van der Waals surface area contributed by atoms with Gasteiger partial charge in [-0.1, -0.05) is 6.92 Å². The molecule has 0 aliphatic carbocycles. The third-order valence-electron chi connectivity index (χ3n) is 5.55. The molecule has 3 rings (SSSR count). The van der Waals surface area contributed by atoms with Crippen LogP contribution in [0.1, 0.15) is 41.3 Å². The summed E-state index contributed by atoms with van der Waals surface area (Å²) in [5.41, 5.74) is 15.2. The Hall–Kier alpha value is -4.48. The minimum absolute atomic E-state index is 0.0649. The molecule has 1 aromatic carbocycles. The summed E-state index contributed by atoms with van der Waals surface area (Å²) >= 11 is 0. The van der Waals surface area contributed by atoms with Crippen LogP contribution >= 0.6 is 0 Å². The van der Waals surface area contributed by atoms with Crippen molar-refractivity contribution in [3.8, 4) is 0 Å². The fraction of sp³-hybridized carbons (Fsp3) is 0.304. The van der Waals surface area contributed by atoms with E-state index >= 15 is 0 Å². The maximum atomic E-state index is 12.5. The highest BCUT2D eigenvalue weighted by Crippen LogP contribution is 2.27. The summed E-state index contributed by atoms with van der Waals surface area (Å²) in [6, 6.07) is 5.33. The molecule has 0 spiro atoms. The van der Waals surface area contributed by atoms with Crippen molar-refractivity contribution in [1.29, 1.82) is 0 Å². The normalized spacial score (nSPS) is 11.7. The van der Waals surface area contributed by atoms with Gasteiger partial charge in [-0.3, -0.25) is 9.59 Å². The topological polar surface area (TPSA) is 198 Å². The second kappa shape index (κ2) is 10.6. The molecule has 0 fully saturated rings. The smallest absolute Gasteiger partial charge is 0.326 e. The molecule has 0 saturated carbocycles. The molecule has 0 bridgehead atoms. The van der Waals surface area contributed by atoms with Crippen LogP contribution in [-0.2, 0) is 22.6 Å². The van der Waals surface area contributed by atoms with Crippen molar-refractivity contribution in [1.82, 2.24) is 20.3 Å². The molecule has 1 atom stereocenters. The van der Waals surface area contributed by atoms with Gasteiger partial charge in [0, 0.05) is 37.5 Å². The number of hydrogen-bond donors (Lipinski definition) is 5. The van der Waals surface area contributed by atoms with Crippen LogP contribution in [0, 0.1) is 0 Å². The summed E-state index contributed by atoms with van der Waals surface area (Å²) in [6.45, 7) is 2.50. The van der Waals surface area contributed by atoms with Crippen molar-refractivity contribution in [2.24, 2.45) is 0 Å². The number of hydrogen-bond acceptors (Lipinski definition) is 9. The maximum absolute atomic E-state index is 12.5. The summed E-state index contributed by atoms with van der Waals surface area (Å²) in [5.74, 6) is -2.68. The van der Waals surface area contributed by atoms with Gasteiger partial charge in [-0.15, -0.1) is 0 Å². The second-order valence-electron chi connectivity index (χ2n) is 7.98. The highest BCUT2D eigenvalue weighted by Gasteiger charge is 2.22. The molecule has 2 heterocycles. The molecular weight excluding hydrogens is 454 g/mol. The lowest BCUT2D eigenvalue weighted by Gasteiger charge is -2.22. The van der Waals surface area contributed by atoms with Crippen LogP contribution in [-0.4, -0.2) is 56.1 Å². The Morgan fingerprint density at radius 2 is 1.80 bits per heavy atom. The minimum atomic E-state index is -1.29. The fourth-order valence-corrected chi connectivity index (χ4v) is 3.76. The van der Waals surface area contributed by atoms with Gasteiger partial charge in [0.1, 0.15) is 11.9 Å². The van der Waals surface area contributed by atoms with Crippen molar-refractivity contribution < 1.29 is 24.6 Å². The fourth-order valence-electron chi connectivity index (χ4n) is 3.76. The first-order valence-electron chi connectivity index (χ1n) is 10.9. The Kier molecular flexibility index (Phi) is 7.64. The van der Waals surface area contributed by atoms with E-state index in [0.717, 1.165) is 16.8 Å². The number of nitrogen functional groups attached to an aromatic ring is 2. The highest BCUT2D eigenvalue weighted by atomic mass is 16.4. The third-order valence-corrected chi connectivity index (χ3v) is 5.55. The lowest BCUT2D eigenvalue weighted by molar-refractivity contribution is -0.140. The molecular formula is C23H27N7O5. The number of aryl methyl sites for hydroxylation is 1. The van der Waals surface area contributed by atoms with Crippen LogP contribution in [0.15, 0.2) is 30.5 Å². The number of pyridine rings is 1. The van der Waals surface area contributed by atoms with Crippen LogP contribution in [0.5, 0.6) is 0 Å². The maximum Gasteiger partial charge on any atom is 0.326 e. The van der Waals surface area contributed by atoms with Crippen molar-refractivity contribution in [3.63, 3.8) is 0 Å². The quantitative estimate of drug-likeness (QED) is 0.281. The zero-order chi connectivity index (χ0) is 25.7. The Morgan fingerprint density at radius 3 is 2.40 bits per heavy atom. The number of carbonyl (C=O) groups excluding carboxylic acids is 1. The average molecular weight is 482 g/mol. The Labute approximate surface area is 201 Å². The molecule has 1 unspecified atom stereocenters. The number of aliphatic carboxylic acids is 2. The molecule has 35 heavy (non-hydrogen) atoms. The standard InChI is InChI=1S/C23H27N7O5/c1-3-15-13(10-26-20-18(15)19(24)28-23(25)29-20)11-30(2)14-6-4-12(5-7-14)21(33)27-16(22(34)35)8-9-17(31)32/h4-7,10,16H,3,8-9,11H2,1-2H3,(H,27,33)(H,31,32)(H,34,35)(H4,24,25,26,28,29). The number of amides is 1. The first kappa shape index (κ1) is 25.1. The number of nitrogens with one attached hydrogen (secondary N) is 1. The number of fused-ring (bicyclic) bond motifs is 1. The summed E-state index contributed by atoms with van der Waals surface area (Å²) in [5, 5.41) is 21.0. The number of carbonyl (C=O) groups is 3. The van der Waals surface area contributed by atoms with Crippen LogP contribution in [0.4, 0.5) is 17.5 Å². The zero-order valence-corrected chi connectivity index (χ0v) is 19.4. The molecule has 2 aromatic heterocycles. The summed E-state index contributed by atoms with van der Waals surface area (Å²) in [6.07, 6.45) is 1.84. The van der Waals surface area contributed by atoms with E-state index < -0.39 is 23.9 Å². The average Bonchev–Trinajstić information content (AvgIpc) is 2.81. The number of benzene rings is 1. The lowest BCUT2D eigenvalue weighted by atomic mass is 10.0. The van der Waals surface area contributed by atoms with Gasteiger partial charge in [0.25, 0.3) is 5.91 Å². The van der Waals surface area contributed by atoms with E-state index in [1.807, 2.05) is 18.9 Å². The number of carboxylic acid groups (broad SMARTS) is 2. The molecule has 3 aromatic rings. The van der Waals surface area contributed by atoms with Gasteiger partial charge in [0.05, 0.1) is 5.39 Å². The van der Waals surface area contributed by atoms with E-state index in [0.29, 0.717) is 24.0 Å². The number of aromatic nitrogens is 3. The van der Waals surface area contributed by atoms with E-state index in [1.165, 1.54) is 0 Å². The summed E-state index contributed by atoms with van der Waals surface area (Å²) in [7, 11) is 1.88. The Balaban J connectivity index is 1.75. The number of nitrogens with zero attached hydrogens (tertiary/aromatic N) is 4. The second-order valence-corrected chi connectivity index (χ2v) is 7.98. The highest BCUT2D eigenvalue weighted by molar-refractivity contribution is 5.97. The Morgan fingerprint density at radius 1 is 1.11 bits per heavy atom. The van der Waals surface area contributed by atoms with Gasteiger partial charge in [0.15, 0.2) is 5.65 Å². The molecule has 12 nitrogen and oxygen atoms in total. The molecule has 0 radical (unpaired) electrons. The van der Waals surface area contributed by atoms with Gasteiger partial charge in [0.2, 0.25) is 5.95 Å². The van der Waals surface area contributed by atoms with E-state index in [9.17, 15) is 19.5 Å². The summed E-state index contributed by atoms with van der Waals surface area (Å²) < 4.78 is 0. The van der Waals surface area contributed by atoms with Crippen LogP contribution < -0.4 is 21.7 Å². The van der Waals surface area contributed by atoms with E-state index in [1.54, 1.807) is 30.5 Å². The van der Waals surface area contributed by atoms with Crippen LogP contribution in [0.2, 0.25) is 0 Å². The first-order chi connectivity index (χ1) is 16.6. The lowest BCUT2D eigenvalue weighted by Crippen LogP contribution is -2.41. The summed E-state index contributed by atoms with van der Waals surface area (Å²) in [4.78, 5) is 49.1. The largest absolute Gasteiger partial charge is 0.481 e. The first-order valence-corrected chi connectivity index (χ1v) is 10.9. The van der Waals surface area contributed by atoms with Crippen LogP contribution in [0.25, 0.3) is 11.0 Å². The predicted molar refractivity (Wildman–Crippen MR) is 130 cm³/mol. The molecule has 7 N–H and O–H groups in total. The Bertz CT molecular complexity index is 1260. The zero-order valence-electron chi connectivity index (χ0n) is 19.4. The number of carboxylic acids is 2. The van der Waals surface area contributed by atoms with E-state index in [2.05, 4.69) is 20.3 Å². The molecule has 184 valence electrons. The number of anilines is 3. The van der Waals surface area contributed by atoms with Crippen molar-refractivity contribution in [3.05, 3.63) is 47.2 Å². The molecule has 1 amide bonds. The van der Waals surface area contributed by atoms with Crippen molar-refractivity contribution in [2.45, 2.75) is 38.8 Å². The molecule has 0 aliphatic rings.